The van der Waals surface area contributed by atoms with Gasteiger partial charge in [0.25, 0.3) is 0 Å². The summed E-state index contributed by atoms with van der Waals surface area (Å²) in [7, 11) is -3.32. The van der Waals surface area contributed by atoms with Gasteiger partial charge in [0.1, 0.15) is 0 Å². The Hall–Kier alpha value is -1.58. The van der Waals surface area contributed by atoms with Crippen molar-refractivity contribution in [1.82, 2.24) is 0 Å². The van der Waals surface area contributed by atoms with E-state index in [1.54, 1.807) is 30.3 Å². The van der Waals surface area contributed by atoms with Crippen molar-refractivity contribution < 1.29 is 8.42 Å². The molecule has 0 aliphatic rings. The van der Waals surface area contributed by atoms with E-state index in [1.165, 1.54) is 5.41 Å². The molecule has 0 saturated heterocycles. The van der Waals surface area contributed by atoms with E-state index in [0.717, 1.165) is 5.56 Å². The van der Waals surface area contributed by atoms with Crippen LogP contribution in [0.4, 0.5) is 0 Å². The Morgan fingerprint density at radius 2 is 1.58 bits per heavy atom. The highest BCUT2D eigenvalue weighted by molar-refractivity contribution is 7.93. The number of halogens is 1. The van der Waals surface area contributed by atoms with Crippen molar-refractivity contribution in [3.63, 3.8) is 0 Å². The van der Waals surface area contributed by atoms with Gasteiger partial charge >= 0.3 is 0 Å². The fraction of sp³-hybridized carbons (Fsp3) is 0.0667. The summed E-state index contributed by atoms with van der Waals surface area (Å²) in [4.78, 5) is 0. The van der Waals surface area contributed by atoms with Crippen molar-refractivity contribution in [3.05, 3.63) is 76.2 Å². The van der Waals surface area contributed by atoms with Crippen molar-refractivity contribution in [2.45, 2.75) is 5.75 Å². The van der Waals surface area contributed by atoms with Crippen LogP contribution in [0.15, 0.2) is 60.0 Å². The van der Waals surface area contributed by atoms with Crippen LogP contribution < -0.4 is 0 Å². The van der Waals surface area contributed by atoms with Crippen LogP contribution in [0.2, 0.25) is 5.02 Å². The van der Waals surface area contributed by atoms with Gasteiger partial charge in [-0.2, -0.15) is 0 Å². The van der Waals surface area contributed by atoms with Crippen LogP contribution in [0.5, 0.6) is 0 Å². The number of rotatable bonds is 4. The molecule has 2 nitrogen and oxygen atoms in total. The average molecular weight is 293 g/mol. The molecule has 0 fully saturated rings. The Morgan fingerprint density at radius 1 is 0.947 bits per heavy atom. The Bertz CT molecular complexity index is 676. The smallest absolute Gasteiger partial charge is 0.175 e. The third-order valence-corrected chi connectivity index (χ3v) is 4.21. The maximum absolute atomic E-state index is 12.0. The molecular formula is C15H13ClO2S. The lowest BCUT2D eigenvalue weighted by Crippen LogP contribution is -2.00. The predicted molar refractivity (Wildman–Crippen MR) is 79.6 cm³/mol. The van der Waals surface area contributed by atoms with E-state index < -0.39 is 9.84 Å². The highest BCUT2D eigenvalue weighted by Gasteiger charge is 2.10. The third-order valence-electron chi connectivity index (χ3n) is 2.58. The van der Waals surface area contributed by atoms with E-state index in [2.05, 4.69) is 0 Å². The van der Waals surface area contributed by atoms with Crippen LogP contribution in [0.25, 0.3) is 6.08 Å². The Labute approximate surface area is 118 Å². The van der Waals surface area contributed by atoms with Crippen molar-refractivity contribution in [2.75, 3.05) is 0 Å². The van der Waals surface area contributed by atoms with Gasteiger partial charge in [-0.1, -0.05) is 60.1 Å². The summed E-state index contributed by atoms with van der Waals surface area (Å²) in [6.07, 6.45) is 1.59. The molecule has 2 rings (SSSR count). The van der Waals surface area contributed by atoms with Crippen LogP contribution in [0, 0.1) is 0 Å². The molecule has 0 atom stereocenters. The SMILES string of the molecule is O=S(=O)(C=Cc1ccccc1)Cc1ccccc1Cl. The average Bonchev–Trinajstić information content (AvgIpc) is 2.40. The second-order valence-electron chi connectivity index (χ2n) is 4.11. The maximum Gasteiger partial charge on any atom is 0.175 e. The van der Waals surface area contributed by atoms with Gasteiger partial charge in [-0.25, -0.2) is 8.42 Å². The molecule has 2 aromatic carbocycles. The van der Waals surface area contributed by atoms with Crippen LogP contribution in [-0.2, 0) is 15.6 Å². The summed E-state index contributed by atoms with van der Waals surface area (Å²) in [6, 6.07) is 16.3. The molecule has 19 heavy (non-hydrogen) atoms. The second-order valence-corrected chi connectivity index (χ2v) is 6.41. The lowest BCUT2D eigenvalue weighted by Gasteiger charge is -2.02. The number of sulfone groups is 1. The molecule has 0 unspecified atom stereocenters. The van der Waals surface area contributed by atoms with Gasteiger partial charge in [-0.05, 0) is 23.3 Å². The third kappa shape index (κ3) is 4.23. The van der Waals surface area contributed by atoms with Crippen LogP contribution in [0.3, 0.4) is 0 Å². The minimum Gasteiger partial charge on any atom is -0.224 e. The molecule has 0 amide bonds. The van der Waals surface area contributed by atoms with Crippen LogP contribution in [0.1, 0.15) is 11.1 Å². The van der Waals surface area contributed by atoms with E-state index in [4.69, 9.17) is 11.6 Å². The summed E-state index contributed by atoms with van der Waals surface area (Å²) in [6.45, 7) is 0. The fourth-order valence-corrected chi connectivity index (χ4v) is 3.05. The molecule has 0 spiro atoms. The molecule has 0 heterocycles. The highest BCUT2D eigenvalue weighted by Crippen LogP contribution is 2.18. The van der Waals surface area contributed by atoms with Gasteiger partial charge in [0.15, 0.2) is 9.84 Å². The minimum absolute atomic E-state index is 0.0873. The number of hydrogen-bond acceptors (Lipinski definition) is 2. The first-order valence-electron chi connectivity index (χ1n) is 5.76. The van der Waals surface area contributed by atoms with E-state index in [0.29, 0.717) is 10.6 Å². The van der Waals surface area contributed by atoms with Crippen molar-refractivity contribution >= 4 is 27.5 Å². The second kappa shape index (κ2) is 6.04. The molecule has 0 radical (unpaired) electrons. The summed E-state index contributed by atoms with van der Waals surface area (Å²) in [5, 5.41) is 1.70. The zero-order valence-electron chi connectivity index (χ0n) is 10.2. The molecular weight excluding hydrogens is 280 g/mol. The molecule has 0 saturated carbocycles. The van der Waals surface area contributed by atoms with Crippen LogP contribution in [-0.4, -0.2) is 8.42 Å². The fourth-order valence-electron chi connectivity index (χ4n) is 1.63. The zero-order chi connectivity index (χ0) is 13.7. The highest BCUT2D eigenvalue weighted by atomic mass is 35.5. The molecule has 98 valence electrons. The molecule has 0 N–H and O–H groups in total. The Morgan fingerprint density at radius 3 is 2.26 bits per heavy atom. The van der Waals surface area contributed by atoms with Gasteiger partial charge in [0.05, 0.1) is 5.75 Å². The standard InChI is InChI=1S/C15H13ClO2S/c16-15-9-5-4-8-14(15)12-19(17,18)11-10-13-6-2-1-3-7-13/h1-11H,12H2. The molecule has 0 bridgehead atoms. The molecule has 0 aliphatic carbocycles. The first kappa shape index (κ1) is 13.8. The summed E-state index contributed by atoms with van der Waals surface area (Å²) >= 11 is 5.96. The van der Waals surface area contributed by atoms with Crippen molar-refractivity contribution in [3.8, 4) is 0 Å². The summed E-state index contributed by atoms with van der Waals surface area (Å²) in [5.41, 5.74) is 1.46. The summed E-state index contributed by atoms with van der Waals surface area (Å²) in [5.74, 6) is -0.0873. The molecule has 0 aliphatic heterocycles. The van der Waals surface area contributed by atoms with E-state index in [-0.39, 0.29) is 5.75 Å². The predicted octanol–water partition coefficient (Wildman–Crippen LogP) is 3.93. The normalized spacial score (nSPS) is 11.8. The van der Waals surface area contributed by atoms with E-state index in [1.807, 2.05) is 30.3 Å². The molecule has 4 heteroatoms. The van der Waals surface area contributed by atoms with E-state index >= 15 is 0 Å². The van der Waals surface area contributed by atoms with Gasteiger partial charge in [0.2, 0.25) is 0 Å². The number of hydrogen-bond donors (Lipinski definition) is 0. The monoisotopic (exact) mass is 292 g/mol. The van der Waals surface area contributed by atoms with Crippen molar-refractivity contribution in [1.29, 1.82) is 0 Å². The molecule has 0 aromatic heterocycles. The first-order valence-corrected chi connectivity index (χ1v) is 7.85. The zero-order valence-corrected chi connectivity index (χ0v) is 11.7. The van der Waals surface area contributed by atoms with Gasteiger partial charge < -0.3 is 0 Å². The van der Waals surface area contributed by atoms with Crippen LogP contribution >= 0.6 is 11.6 Å². The van der Waals surface area contributed by atoms with Crippen molar-refractivity contribution in [2.24, 2.45) is 0 Å². The first-order chi connectivity index (χ1) is 9.07. The number of benzene rings is 2. The summed E-state index contributed by atoms with van der Waals surface area (Å²) < 4.78 is 24.0. The van der Waals surface area contributed by atoms with Gasteiger partial charge in [-0.3, -0.25) is 0 Å². The Balaban J connectivity index is 2.16. The Kier molecular flexibility index (Phi) is 4.40. The maximum atomic E-state index is 12.0. The quantitative estimate of drug-likeness (QED) is 0.856. The topological polar surface area (TPSA) is 34.1 Å². The van der Waals surface area contributed by atoms with Gasteiger partial charge in [0, 0.05) is 10.4 Å². The van der Waals surface area contributed by atoms with E-state index in [9.17, 15) is 8.42 Å². The molecule has 2 aromatic rings. The lowest BCUT2D eigenvalue weighted by atomic mass is 10.2. The lowest BCUT2D eigenvalue weighted by molar-refractivity contribution is 0.604. The minimum atomic E-state index is -3.32. The van der Waals surface area contributed by atoms with Gasteiger partial charge in [-0.15, -0.1) is 0 Å². The largest absolute Gasteiger partial charge is 0.224 e.